The van der Waals surface area contributed by atoms with E-state index in [1.807, 2.05) is 19.3 Å². The van der Waals surface area contributed by atoms with Crippen molar-refractivity contribution in [2.24, 2.45) is 5.92 Å². The van der Waals surface area contributed by atoms with E-state index in [0.29, 0.717) is 6.04 Å². The molecule has 0 saturated carbocycles. The summed E-state index contributed by atoms with van der Waals surface area (Å²) in [6.45, 7) is 5.36. The van der Waals surface area contributed by atoms with Crippen LogP contribution in [0.5, 0.6) is 0 Å². The summed E-state index contributed by atoms with van der Waals surface area (Å²) in [5, 5.41) is 0. The minimum atomic E-state index is 0.689. The molecule has 2 unspecified atom stereocenters. The van der Waals surface area contributed by atoms with Gasteiger partial charge >= 0.3 is 0 Å². The molecule has 5 nitrogen and oxygen atoms in total. The number of rotatable bonds is 3. The summed E-state index contributed by atoms with van der Waals surface area (Å²) in [4.78, 5) is 16.3. The van der Waals surface area contributed by atoms with Crippen LogP contribution in [0.1, 0.15) is 18.4 Å². The zero-order valence-electron chi connectivity index (χ0n) is 13.7. The van der Waals surface area contributed by atoms with Gasteiger partial charge in [0.1, 0.15) is 0 Å². The van der Waals surface area contributed by atoms with Gasteiger partial charge in [0.2, 0.25) is 5.95 Å². The minimum Gasteiger partial charge on any atom is -0.340 e. The van der Waals surface area contributed by atoms with Crippen molar-refractivity contribution in [1.82, 2.24) is 19.8 Å². The van der Waals surface area contributed by atoms with Crippen molar-refractivity contribution >= 4 is 5.95 Å². The number of fused-ring (bicyclic) bond motifs is 1. The number of aromatic nitrogens is 2. The average molecular weight is 289 g/mol. The van der Waals surface area contributed by atoms with Crippen LogP contribution in [-0.2, 0) is 0 Å². The quantitative estimate of drug-likeness (QED) is 0.837. The molecular weight excluding hydrogens is 262 g/mol. The van der Waals surface area contributed by atoms with Crippen LogP contribution in [0.4, 0.5) is 5.95 Å². The molecule has 5 heteroatoms. The van der Waals surface area contributed by atoms with Crippen LogP contribution >= 0.6 is 0 Å². The van der Waals surface area contributed by atoms with Crippen molar-refractivity contribution in [3.05, 3.63) is 18.0 Å². The minimum absolute atomic E-state index is 0.689. The fourth-order valence-corrected chi connectivity index (χ4v) is 3.93. The molecule has 0 amide bonds. The lowest BCUT2D eigenvalue weighted by Gasteiger charge is -2.37. The molecule has 1 aromatic rings. The Morgan fingerprint density at radius 2 is 2.00 bits per heavy atom. The Balaban J connectivity index is 1.67. The largest absolute Gasteiger partial charge is 0.340 e. The first-order chi connectivity index (χ1) is 10.0. The lowest BCUT2D eigenvalue weighted by Crippen LogP contribution is -2.46. The highest BCUT2D eigenvalue weighted by Crippen LogP contribution is 2.35. The van der Waals surface area contributed by atoms with Crippen LogP contribution in [-0.4, -0.2) is 72.6 Å². The maximum absolute atomic E-state index is 4.50. The fourth-order valence-electron chi connectivity index (χ4n) is 3.93. The van der Waals surface area contributed by atoms with Gasteiger partial charge in [0.05, 0.1) is 0 Å². The highest BCUT2D eigenvalue weighted by Gasteiger charge is 2.42. The van der Waals surface area contributed by atoms with Crippen molar-refractivity contribution in [1.29, 1.82) is 0 Å². The smallest absolute Gasteiger partial charge is 0.225 e. The molecule has 0 aromatic carbocycles. The Hall–Kier alpha value is -1.20. The van der Waals surface area contributed by atoms with Gasteiger partial charge in [-0.25, -0.2) is 9.97 Å². The van der Waals surface area contributed by atoms with Gasteiger partial charge in [0.25, 0.3) is 0 Å². The maximum atomic E-state index is 4.50. The summed E-state index contributed by atoms with van der Waals surface area (Å²) >= 11 is 0. The molecule has 1 aromatic heterocycles. The second kappa shape index (κ2) is 5.89. The van der Waals surface area contributed by atoms with Crippen molar-refractivity contribution in [3.8, 4) is 0 Å². The second-order valence-electron chi connectivity index (χ2n) is 6.94. The number of anilines is 1. The molecule has 3 atom stereocenters. The van der Waals surface area contributed by atoms with E-state index >= 15 is 0 Å². The SMILES string of the molecule is Cc1cnc(N2CCC3C(C[C@@H](CN(C)C)N3C)C2)nc1. The summed E-state index contributed by atoms with van der Waals surface area (Å²) in [7, 11) is 6.64. The molecule has 0 aliphatic carbocycles. The molecule has 0 bridgehead atoms. The lowest BCUT2D eigenvalue weighted by molar-refractivity contribution is 0.179. The number of hydrogen-bond donors (Lipinski definition) is 0. The van der Waals surface area contributed by atoms with Gasteiger partial charge in [-0.3, -0.25) is 4.90 Å². The second-order valence-corrected chi connectivity index (χ2v) is 6.94. The molecule has 0 radical (unpaired) electrons. The number of likely N-dealkylation sites (tertiary alicyclic amines) is 1. The molecule has 21 heavy (non-hydrogen) atoms. The van der Waals surface area contributed by atoms with Gasteiger partial charge < -0.3 is 9.80 Å². The van der Waals surface area contributed by atoms with E-state index in [1.165, 1.54) is 12.8 Å². The van der Waals surface area contributed by atoms with Gasteiger partial charge in [-0.2, -0.15) is 0 Å². The maximum Gasteiger partial charge on any atom is 0.225 e. The lowest BCUT2D eigenvalue weighted by atomic mass is 9.92. The first-order valence-electron chi connectivity index (χ1n) is 7.95. The Morgan fingerprint density at radius 3 is 2.67 bits per heavy atom. The number of aryl methyl sites for hydroxylation is 1. The summed E-state index contributed by atoms with van der Waals surface area (Å²) in [5.41, 5.74) is 1.13. The standard InChI is InChI=1S/C16H27N5/c1-12-8-17-16(18-9-12)21-6-5-15-13(10-21)7-14(20(15)4)11-19(2)3/h8-9,13-15H,5-7,10-11H2,1-4H3/t13?,14-,15?/m0/s1. The van der Waals surface area contributed by atoms with Crippen molar-refractivity contribution in [2.75, 3.05) is 45.7 Å². The van der Waals surface area contributed by atoms with Crippen molar-refractivity contribution in [2.45, 2.75) is 31.8 Å². The van der Waals surface area contributed by atoms with E-state index < -0.39 is 0 Å². The number of nitrogens with zero attached hydrogens (tertiary/aromatic N) is 5. The molecule has 3 heterocycles. The van der Waals surface area contributed by atoms with Crippen LogP contribution in [0, 0.1) is 12.8 Å². The van der Waals surface area contributed by atoms with Crippen LogP contribution < -0.4 is 4.90 Å². The molecule has 0 spiro atoms. The first-order valence-corrected chi connectivity index (χ1v) is 7.95. The van der Waals surface area contributed by atoms with Gasteiger partial charge in [0.15, 0.2) is 0 Å². The van der Waals surface area contributed by atoms with Crippen molar-refractivity contribution < 1.29 is 0 Å². The topological polar surface area (TPSA) is 35.5 Å². The third kappa shape index (κ3) is 3.04. The molecule has 2 fully saturated rings. The summed E-state index contributed by atoms with van der Waals surface area (Å²) in [6, 6.07) is 1.42. The summed E-state index contributed by atoms with van der Waals surface area (Å²) < 4.78 is 0. The van der Waals surface area contributed by atoms with Crippen LogP contribution in [0.25, 0.3) is 0 Å². The van der Waals surface area contributed by atoms with Crippen LogP contribution in [0.3, 0.4) is 0 Å². The third-order valence-corrected chi connectivity index (χ3v) is 4.99. The van der Waals surface area contributed by atoms with Gasteiger partial charge in [-0.1, -0.05) is 0 Å². The Labute approximate surface area is 128 Å². The van der Waals surface area contributed by atoms with E-state index in [-0.39, 0.29) is 0 Å². The number of piperidine rings is 1. The van der Waals surface area contributed by atoms with Gasteiger partial charge in [-0.15, -0.1) is 0 Å². The predicted octanol–water partition coefficient (Wildman–Crippen LogP) is 1.25. The van der Waals surface area contributed by atoms with Crippen molar-refractivity contribution in [3.63, 3.8) is 0 Å². The Bertz CT molecular complexity index is 472. The fraction of sp³-hybridized carbons (Fsp3) is 0.750. The molecular formula is C16H27N5. The van der Waals surface area contributed by atoms with E-state index in [4.69, 9.17) is 0 Å². The highest BCUT2D eigenvalue weighted by atomic mass is 15.3. The number of likely N-dealkylation sites (N-methyl/N-ethyl adjacent to an activating group) is 2. The Morgan fingerprint density at radius 1 is 1.29 bits per heavy atom. The van der Waals surface area contributed by atoms with Crippen LogP contribution in [0.15, 0.2) is 12.4 Å². The molecule has 2 aliphatic rings. The summed E-state index contributed by atoms with van der Waals surface area (Å²) in [5.74, 6) is 1.65. The molecule has 3 rings (SSSR count). The van der Waals surface area contributed by atoms with E-state index in [1.54, 1.807) is 0 Å². The monoisotopic (exact) mass is 289 g/mol. The van der Waals surface area contributed by atoms with Crippen LogP contribution in [0.2, 0.25) is 0 Å². The van der Waals surface area contributed by atoms with Gasteiger partial charge in [0, 0.05) is 44.1 Å². The van der Waals surface area contributed by atoms with E-state index in [9.17, 15) is 0 Å². The molecule has 2 aliphatic heterocycles. The van der Waals surface area contributed by atoms with E-state index in [0.717, 1.165) is 43.1 Å². The van der Waals surface area contributed by atoms with Gasteiger partial charge in [-0.05, 0) is 52.4 Å². The summed E-state index contributed by atoms with van der Waals surface area (Å²) in [6.07, 6.45) is 6.36. The first kappa shape index (κ1) is 14.7. The van der Waals surface area contributed by atoms with E-state index in [2.05, 4.69) is 45.8 Å². The number of hydrogen-bond acceptors (Lipinski definition) is 5. The predicted molar refractivity (Wildman–Crippen MR) is 85.6 cm³/mol. The molecule has 0 N–H and O–H groups in total. The Kier molecular flexibility index (Phi) is 4.13. The normalized spacial score (nSPS) is 30.0. The zero-order chi connectivity index (χ0) is 15.0. The molecule has 2 saturated heterocycles. The third-order valence-electron chi connectivity index (χ3n) is 4.99. The molecule has 116 valence electrons. The average Bonchev–Trinajstić information content (AvgIpc) is 2.75. The zero-order valence-corrected chi connectivity index (χ0v) is 13.7. The highest BCUT2D eigenvalue weighted by molar-refractivity contribution is 5.31.